The van der Waals surface area contributed by atoms with Gasteiger partial charge in [-0.3, -0.25) is 14.4 Å². The zero-order valence-electron chi connectivity index (χ0n) is 15.7. The van der Waals surface area contributed by atoms with Crippen molar-refractivity contribution < 1.29 is 33.4 Å². The number of ether oxygens (including phenoxy) is 3. The van der Waals surface area contributed by atoms with Crippen LogP contribution in [0.4, 0.5) is 0 Å². The average Bonchev–Trinajstić information content (AvgIpc) is 2.91. The molecule has 1 aliphatic carbocycles. The van der Waals surface area contributed by atoms with Gasteiger partial charge in [0, 0.05) is 30.4 Å². The second-order valence-corrected chi connectivity index (χ2v) is 7.59. The predicted molar refractivity (Wildman–Crippen MR) is 89.0 cm³/mol. The lowest BCUT2D eigenvalue weighted by Gasteiger charge is -2.48. The molecule has 0 bridgehead atoms. The summed E-state index contributed by atoms with van der Waals surface area (Å²) in [5.41, 5.74) is -2.10. The van der Waals surface area contributed by atoms with Crippen LogP contribution in [-0.2, 0) is 33.4 Å². The van der Waals surface area contributed by atoms with Crippen molar-refractivity contribution in [2.75, 3.05) is 6.61 Å². The highest BCUT2D eigenvalue weighted by Gasteiger charge is 2.69. The van der Waals surface area contributed by atoms with Gasteiger partial charge in [-0.25, -0.2) is 4.79 Å². The molecule has 1 fully saturated rings. The standard InChI is InChI=1S/C19H24O7/c1-6-18(5)15(21)12-8-24-10(3)9(2)14(12)16(22)19(18)7-13(17(23)26-19)25-11(4)20/h9-10,13H,6-8H2,1-5H3/t9-,10+,13+,18-,19+/m0/s1. The topological polar surface area (TPSA) is 96.0 Å². The molecule has 0 N–H and O–H groups in total. The molecule has 2 aliphatic heterocycles. The maximum absolute atomic E-state index is 13.6. The monoisotopic (exact) mass is 364 g/mol. The third-order valence-corrected chi connectivity index (χ3v) is 6.28. The molecule has 0 amide bonds. The van der Waals surface area contributed by atoms with Crippen molar-refractivity contribution in [3.8, 4) is 0 Å². The van der Waals surface area contributed by atoms with Gasteiger partial charge in [0.1, 0.15) is 0 Å². The number of hydrogen-bond acceptors (Lipinski definition) is 7. The van der Waals surface area contributed by atoms with E-state index in [2.05, 4.69) is 0 Å². The van der Waals surface area contributed by atoms with Gasteiger partial charge < -0.3 is 14.2 Å². The van der Waals surface area contributed by atoms with Gasteiger partial charge >= 0.3 is 11.9 Å². The van der Waals surface area contributed by atoms with Crippen molar-refractivity contribution in [2.24, 2.45) is 11.3 Å². The lowest BCUT2D eigenvalue weighted by atomic mass is 9.57. The summed E-state index contributed by atoms with van der Waals surface area (Å²) in [6, 6.07) is 0. The number of esters is 2. The Kier molecular flexibility index (Phi) is 4.34. The summed E-state index contributed by atoms with van der Waals surface area (Å²) in [5, 5.41) is 0. The molecule has 0 aromatic rings. The first-order chi connectivity index (χ1) is 12.1. The number of Topliss-reactive ketones (excluding diaryl/α,β-unsaturated/α-hetero) is 2. The van der Waals surface area contributed by atoms with Crippen LogP contribution in [0.3, 0.4) is 0 Å². The van der Waals surface area contributed by atoms with Gasteiger partial charge in [-0.2, -0.15) is 0 Å². The number of ketones is 2. The smallest absolute Gasteiger partial charge is 0.348 e. The Bertz CT molecular complexity index is 736. The van der Waals surface area contributed by atoms with E-state index in [0.29, 0.717) is 17.6 Å². The minimum absolute atomic E-state index is 0.0818. The van der Waals surface area contributed by atoms with Gasteiger partial charge in [0.05, 0.1) is 18.1 Å². The fourth-order valence-electron chi connectivity index (χ4n) is 4.30. The number of hydrogen-bond donors (Lipinski definition) is 0. The molecule has 0 aromatic heterocycles. The van der Waals surface area contributed by atoms with Crippen LogP contribution in [0.2, 0.25) is 0 Å². The Hall–Kier alpha value is -2.02. The second kappa shape index (κ2) is 6.01. The maximum Gasteiger partial charge on any atom is 0.348 e. The van der Waals surface area contributed by atoms with Crippen molar-refractivity contribution >= 4 is 23.5 Å². The summed E-state index contributed by atoms with van der Waals surface area (Å²) in [7, 11) is 0. The Balaban J connectivity index is 2.15. The summed E-state index contributed by atoms with van der Waals surface area (Å²) in [5.74, 6) is -2.30. The van der Waals surface area contributed by atoms with E-state index >= 15 is 0 Å². The van der Waals surface area contributed by atoms with E-state index in [4.69, 9.17) is 14.2 Å². The Morgan fingerprint density at radius 1 is 1.23 bits per heavy atom. The lowest BCUT2D eigenvalue weighted by Crippen LogP contribution is -2.62. The third kappa shape index (κ3) is 2.29. The van der Waals surface area contributed by atoms with Crippen molar-refractivity contribution in [3.05, 3.63) is 11.1 Å². The SMILES string of the molecule is CC[C@@]1(C)C(=O)C2=C(C(=O)[C@]13C[C@@H](OC(C)=O)C(=O)O3)[C@@H](C)[C@@H](C)OC2. The molecular weight excluding hydrogens is 340 g/mol. The Morgan fingerprint density at radius 2 is 1.88 bits per heavy atom. The van der Waals surface area contributed by atoms with E-state index in [0.717, 1.165) is 0 Å². The molecule has 3 rings (SSSR count). The first-order valence-corrected chi connectivity index (χ1v) is 8.93. The molecule has 26 heavy (non-hydrogen) atoms. The van der Waals surface area contributed by atoms with E-state index in [1.54, 1.807) is 13.8 Å². The summed E-state index contributed by atoms with van der Waals surface area (Å²) in [4.78, 5) is 50.5. The molecule has 0 unspecified atom stereocenters. The molecule has 3 aliphatic rings. The van der Waals surface area contributed by atoms with Crippen molar-refractivity contribution in [1.29, 1.82) is 0 Å². The zero-order valence-corrected chi connectivity index (χ0v) is 15.7. The van der Waals surface area contributed by atoms with E-state index in [9.17, 15) is 19.2 Å². The summed E-state index contributed by atoms with van der Waals surface area (Å²) in [6.07, 6.45) is -1.24. The van der Waals surface area contributed by atoms with Crippen LogP contribution in [0.5, 0.6) is 0 Å². The quantitative estimate of drug-likeness (QED) is 0.686. The van der Waals surface area contributed by atoms with E-state index in [1.807, 2.05) is 13.8 Å². The highest BCUT2D eigenvalue weighted by Crippen LogP contribution is 2.54. The fraction of sp³-hybridized carbons (Fsp3) is 0.684. The van der Waals surface area contributed by atoms with Crippen LogP contribution in [0.25, 0.3) is 0 Å². The normalized spacial score (nSPS) is 39.9. The first-order valence-electron chi connectivity index (χ1n) is 8.93. The summed E-state index contributed by atoms with van der Waals surface area (Å²) >= 11 is 0. The van der Waals surface area contributed by atoms with Crippen molar-refractivity contribution in [1.82, 2.24) is 0 Å². The molecule has 7 nitrogen and oxygen atoms in total. The molecule has 0 radical (unpaired) electrons. The van der Waals surface area contributed by atoms with Crippen molar-refractivity contribution in [3.63, 3.8) is 0 Å². The minimum Gasteiger partial charge on any atom is -0.450 e. The molecule has 0 aromatic carbocycles. The molecule has 0 saturated carbocycles. The molecular formula is C19H24O7. The van der Waals surface area contributed by atoms with E-state index < -0.39 is 29.1 Å². The van der Waals surface area contributed by atoms with Gasteiger partial charge in [-0.15, -0.1) is 0 Å². The molecule has 1 spiro atoms. The van der Waals surface area contributed by atoms with E-state index in [1.165, 1.54) is 6.92 Å². The minimum atomic E-state index is -1.64. The third-order valence-electron chi connectivity index (χ3n) is 6.28. The van der Waals surface area contributed by atoms with E-state index in [-0.39, 0.29) is 36.6 Å². The fourth-order valence-corrected chi connectivity index (χ4v) is 4.30. The van der Waals surface area contributed by atoms with Gasteiger partial charge in [-0.05, 0) is 20.3 Å². The summed E-state index contributed by atoms with van der Waals surface area (Å²) < 4.78 is 16.3. The zero-order chi connectivity index (χ0) is 19.4. The lowest BCUT2D eigenvalue weighted by molar-refractivity contribution is -0.177. The van der Waals surface area contributed by atoms with Crippen LogP contribution < -0.4 is 0 Å². The van der Waals surface area contributed by atoms with Gasteiger partial charge in [0.2, 0.25) is 11.9 Å². The highest BCUT2D eigenvalue weighted by atomic mass is 16.6. The number of carbonyl (C=O) groups excluding carboxylic acids is 4. The average molecular weight is 364 g/mol. The largest absolute Gasteiger partial charge is 0.450 e. The molecule has 1 saturated heterocycles. The Morgan fingerprint density at radius 3 is 2.46 bits per heavy atom. The number of rotatable bonds is 2. The van der Waals surface area contributed by atoms with Crippen molar-refractivity contribution in [2.45, 2.75) is 65.3 Å². The highest BCUT2D eigenvalue weighted by molar-refractivity contribution is 6.20. The van der Waals surface area contributed by atoms with Crippen LogP contribution >= 0.6 is 0 Å². The second-order valence-electron chi connectivity index (χ2n) is 7.59. The maximum atomic E-state index is 13.6. The number of carbonyl (C=O) groups is 4. The molecule has 7 heteroatoms. The predicted octanol–water partition coefficient (Wildman–Crippen LogP) is 1.52. The van der Waals surface area contributed by atoms with Crippen LogP contribution in [0.15, 0.2) is 11.1 Å². The molecule has 142 valence electrons. The molecule has 5 atom stereocenters. The van der Waals surface area contributed by atoms with Crippen LogP contribution in [0.1, 0.15) is 47.5 Å². The van der Waals surface area contributed by atoms with Gasteiger partial charge in [0.25, 0.3) is 0 Å². The van der Waals surface area contributed by atoms with Crippen LogP contribution in [0, 0.1) is 11.3 Å². The molecule has 2 heterocycles. The van der Waals surface area contributed by atoms with Crippen LogP contribution in [-0.4, -0.2) is 47.9 Å². The van der Waals surface area contributed by atoms with Gasteiger partial charge in [-0.1, -0.05) is 13.8 Å². The first kappa shape index (κ1) is 18.8. The summed E-state index contributed by atoms with van der Waals surface area (Å²) in [6.45, 7) is 8.36. The Labute approximate surface area is 152 Å². The van der Waals surface area contributed by atoms with Gasteiger partial charge in [0.15, 0.2) is 11.4 Å².